The van der Waals surface area contributed by atoms with Crippen LogP contribution in [0.5, 0.6) is 0 Å². The molecule has 1 aliphatic heterocycles. The molecule has 0 bridgehead atoms. The fourth-order valence-corrected chi connectivity index (χ4v) is 2.43. The molecule has 1 unspecified atom stereocenters. The summed E-state index contributed by atoms with van der Waals surface area (Å²) < 4.78 is 0. The van der Waals surface area contributed by atoms with Crippen molar-refractivity contribution in [2.45, 2.75) is 32.2 Å². The number of rotatable bonds is 3. The highest BCUT2D eigenvalue weighted by atomic mass is 16.6. The molecule has 0 aromatic carbocycles. The van der Waals surface area contributed by atoms with Gasteiger partial charge < -0.3 is 15.8 Å². The van der Waals surface area contributed by atoms with Crippen LogP contribution in [-0.4, -0.2) is 33.5 Å². The second-order valence-corrected chi connectivity index (χ2v) is 4.85. The zero-order valence-electron chi connectivity index (χ0n) is 11.2. The normalized spacial score (nSPS) is 19.9. The molecule has 20 heavy (non-hydrogen) atoms. The van der Waals surface area contributed by atoms with E-state index in [1.54, 1.807) is 0 Å². The molecule has 8 nitrogen and oxygen atoms in total. The molecule has 108 valence electrons. The fraction of sp³-hybridized carbons (Fsp3) is 0.500. The lowest BCUT2D eigenvalue weighted by Crippen LogP contribution is -2.39. The Morgan fingerprint density at radius 3 is 3.00 bits per heavy atom. The summed E-state index contributed by atoms with van der Waals surface area (Å²) >= 11 is 0. The maximum atomic E-state index is 10.8. The van der Waals surface area contributed by atoms with Gasteiger partial charge in [0.2, 0.25) is 0 Å². The first-order chi connectivity index (χ1) is 9.54. The SMILES string of the molecule is CC1CCCCN1c1ncc([N+](=O)[O-])cc1C(N)=NO. The van der Waals surface area contributed by atoms with Gasteiger partial charge in [-0.1, -0.05) is 5.16 Å². The van der Waals surface area contributed by atoms with E-state index >= 15 is 0 Å². The number of piperidine rings is 1. The molecule has 8 heteroatoms. The van der Waals surface area contributed by atoms with Gasteiger partial charge in [-0.05, 0) is 26.2 Å². The van der Waals surface area contributed by atoms with Crippen molar-refractivity contribution >= 4 is 17.3 Å². The van der Waals surface area contributed by atoms with Crippen molar-refractivity contribution in [1.82, 2.24) is 4.98 Å². The Labute approximate surface area is 116 Å². The predicted octanol–water partition coefficient (Wildman–Crippen LogP) is 1.46. The summed E-state index contributed by atoms with van der Waals surface area (Å²) in [6.07, 6.45) is 4.39. The predicted molar refractivity (Wildman–Crippen MR) is 74.1 cm³/mol. The summed E-state index contributed by atoms with van der Waals surface area (Å²) in [4.78, 5) is 16.5. The lowest BCUT2D eigenvalue weighted by atomic mass is 10.0. The number of amidine groups is 1. The molecule has 0 spiro atoms. The summed E-state index contributed by atoms with van der Waals surface area (Å²) in [5, 5.41) is 22.6. The van der Waals surface area contributed by atoms with Crippen LogP contribution in [0.1, 0.15) is 31.7 Å². The fourth-order valence-electron chi connectivity index (χ4n) is 2.43. The molecule has 0 saturated carbocycles. The first kappa shape index (κ1) is 14.0. The van der Waals surface area contributed by atoms with Gasteiger partial charge in [0.1, 0.15) is 12.0 Å². The molecule has 2 rings (SSSR count). The first-order valence-electron chi connectivity index (χ1n) is 6.43. The molecule has 1 aliphatic rings. The Morgan fingerprint density at radius 2 is 2.40 bits per heavy atom. The third-order valence-corrected chi connectivity index (χ3v) is 3.52. The highest BCUT2D eigenvalue weighted by Gasteiger charge is 2.25. The van der Waals surface area contributed by atoms with Gasteiger partial charge >= 0.3 is 0 Å². The molecule has 0 radical (unpaired) electrons. The molecule has 1 fully saturated rings. The van der Waals surface area contributed by atoms with E-state index in [0.717, 1.165) is 25.8 Å². The van der Waals surface area contributed by atoms with Gasteiger partial charge in [0.25, 0.3) is 5.69 Å². The maximum Gasteiger partial charge on any atom is 0.288 e. The summed E-state index contributed by atoms with van der Waals surface area (Å²) in [6.45, 7) is 2.87. The topological polar surface area (TPSA) is 118 Å². The molecule has 0 amide bonds. The molecule has 2 heterocycles. The largest absolute Gasteiger partial charge is 0.409 e. The molecule has 3 N–H and O–H groups in total. The number of aromatic nitrogens is 1. The smallest absolute Gasteiger partial charge is 0.288 e. The summed E-state index contributed by atoms with van der Waals surface area (Å²) in [6, 6.07) is 1.56. The van der Waals surface area contributed by atoms with Crippen molar-refractivity contribution in [1.29, 1.82) is 0 Å². The number of oxime groups is 1. The maximum absolute atomic E-state index is 10.8. The van der Waals surface area contributed by atoms with E-state index in [1.165, 1.54) is 12.3 Å². The zero-order chi connectivity index (χ0) is 14.7. The number of nitrogens with two attached hydrogens (primary N) is 1. The number of nitrogens with zero attached hydrogens (tertiary/aromatic N) is 4. The van der Waals surface area contributed by atoms with Crippen molar-refractivity contribution in [3.8, 4) is 0 Å². The van der Waals surface area contributed by atoms with Crippen LogP contribution in [0, 0.1) is 10.1 Å². The quantitative estimate of drug-likeness (QED) is 0.284. The summed E-state index contributed by atoms with van der Waals surface area (Å²) in [5.74, 6) is 0.354. The van der Waals surface area contributed by atoms with E-state index in [9.17, 15) is 10.1 Å². The zero-order valence-corrected chi connectivity index (χ0v) is 11.2. The van der Waals surface area contributed by atoms with Crippen LogP contribution in [-0.2, 0) is 0 Å². The Hall–Kier alpha value is -2.38. The highest BCUT2D eigenvalue weighted by Crippen LogP contribution is 2.28. The summed E-state index contributed by atoms with van der Waals surface area (Å²) in [7, 11) is 0. The van der Waals surface area contributed by atoms with Crippen molar-refractivity contribution in [2.24, 2.45) is 10.9 Å². The molecule has 1 aromatic heterocycles. The second-order valence-electron chi connectivity index (χ2n) is 4.85. The first-order valence-corrected chi connectivity index (χ1v) is 6.43. The van der Waals surface area contributed by atoms with Crippen LogP contribution >= 0.6 is 0 Å². The highest BCUT2D eigenvalue weighted by molar-refractivity contribution is 6.02. The molecular formula is C12H17N5O3. The van der Waals surface area contributed by atoms with Crippen LogP contribution in [0.4, 0.5) is 11.5 Å². The van der Waals surface area contributed by atoms with E-state index in [2.05, 4.69) is 17.1 Å². The van der Waals surface area contributed by atoms with Crippen LogP contribution in [0.3, 0.4) is 0 Å². The van der Waals surface area contributed by atoms with Crippen LogP contribution < -0.4 is 10.6 Å². The monoisotopic (exact) mass is 279 g/mol. The van der Waals surface area contributed by atoms with Gasteiger partial charge in [0.15, 0.2) is 5.84 Å². The Kier molecular flexibility index (Phi) is 4.02. The van der Waals surface area contributed by atoms with Crippen molar-refractivity contribution in [3.05, 3.63) is 27.9 Å². The third kappa shape index (κ3) is 2.63. The summed E-state index contributed by atoms with van der Waals surface area (Å²) in [5.41, 5.74) is 5.73. The van der Waals surface area contributed by atoms with Crippen molar-refractivity contribution in [3.63, 3.8) is 0 Å². The minimum absolute atomic E-state index is 0.172. The number of hydrogen-bond donors (Lipinski definition) is 2. The number of anilines is 1. The van der Waals surface area contributed by atoms with E-state index in [0.29, 0.717) is 5.82 Å². The van der Waals surface area contributed by atoms with Gasteiger partial charge in [-0.15, -0.1) is 0 Å². The lowest BCUT2D eigenvalue weighted by Gasteiger charge is -2.35. The van der Waals surface area contributed by atoms with E-state index < -0.39 is 4.92 Å². The average molecular weight is 279 g/mol. The standard InChI is InChI=1S/C12H17N5O3/c1-8-4-2-3-5-16(8)12-10(11(13)15-18)6-9(7-14-12)17(19)20/h6-8,18H,2-5H2,1H3,(H2,13,15). The van der Waals surface area contributed by atoms with Crippen LogP contribution in [0.25, 0.3) is 0 Å². The van der Waals surface area contributed by atoms with Gasteiger partial charge in [-0.25, -0.2) is 4.98 Å². The minimum atomic E-state index is -0.551. The van der Waals surface area contributed by atoms with Gasteiger partial charge in [0, 0.05) is 18.7 Å². The Bertz CT molecular complexity index is 546. The van der Waals surface area contributed by atoms with Crippen molar-refractivity contribution < 1.29 is 10.1 Å². The van der Waals surface area contributed by atoms with Crippen LogP contribution in [0.15, 0.2) is 17.4 Å². The molecular weight excluding hydrogens is 262 g/mol. The Balaban J connectivity index is 2.48. The Morgan fingerprint density at radius 1 is 1.65 bits per heavy atom. The van der Waals surface area contributed by atoms with E-state index in [1.807, 2.05) is 4.90 Å². The number of hydrogen-bond acceptors (Lipinski definition) is 6. The van der Waals surface area contributed by atoms with Crippen molar-refractivity contribution in [2.75, 3.05) is 11.4 Å². The van der Waals surface area contributed by atoms with Gasteiger partial charge in [0.05, 0.1) is 10.5 Å². The van der Waals surface area contributed by atoms with Gasteiger partial charge in [-0.3, -0.25) is 10.1 Å². The second kappa shape index (κ2) is 5.72. The van der Waals surface area contributed by atoms with Crippen LogP contribution in [0.2, 0.25) is 0 Å². The lowest BCUT2D eigenvalue weighted by molar-refractivity contribution is -0.385. The van der Waals surface area contributed by atoms with E-state index in [-0.39, 0.29) is 23.1 Å². The number of nitro groups is 1. The number of pyridine rings is 1. The molecule has 1 aromatic rings. The van der Waals surface area contributed by atoms with E-state index in [4.69, 9.17) is 10.9 Å². The molecule has 0 aliphatic carbocycles. The molecule has 1 atom stereocenters. The third-order valence-electron chi connectivity index (χ3n) is 3.52. The average Bonchev–Trinajstić information content (AvgIpc) is 2.46. The van der Waals surface area contributed by atoms with Gasteiger partial charge in [-0.2, -0.15) is 0 Å². The molecule has 1 saturated heterocycles. The minimum Gasteiger partial charge on any atom is -0.409 e.